The molecule has 1 rings (SSSR count). The van der Waals surface area contributed by atoms with Gasteiger partial charge in [0.2, 0.25) is 17.7 Å². The third-order valence-electron chi connectivity index (χ3n) is 6.73. The van der Waals surface area contributed by atoms with Gasteiger partial charge in [-0.15, -0.1) is 0 Å². The van der Waals surface area contributed by atoms with Crippen LogP contribution in [0.3, 0.4) is 0 Å². The van der Waals surface area contributed by atoms with Crippen LogP contribution < -0.4 is 16.0 Å². The van der Waals surface area contributed by atoms with E-state index in [0.29, 0.717) is 12.8 Å². The molecule has 1 aromatic heterocycles. The number of nitrogens with zero attached hydrogens (tertiary/aromatic N) is 1. The van der Waals surface area contributed by atoms with Crippen molar-refractivity contribution in [2.75, 3.05) is 0 Å². The molecule has 8 heteroatoms. The van der Waals surface area contributed by atoms with Gasteiger partial charge in [-0.05, 0) is 48.6 Å². The van der Waals surface area contributed by atoms with Crippen LogP contribution in [0.1, 0.15) is 86.8 Å². The molecule has 0 saturated carbocycles. The fourth-order valence-corrected chi connectivity index (χ4v) is 4.32. The zero-order chi connectivity index (χ0) is 28.1. The standard InChI is InChI=1S/C29H50N4O4/c1-9-21(8)27(29(37)31-17-22-12-10-11-13-30-22)33-28(36)23(20(6)7)16-25(34)24(14-18(2)3)32-26(35)15-19(4)5/h10-13,18-21,23-25,27,34H,9,14-17H2,1-8H3,(H,31,37)(H,32,35)(H,33,36)/t21-,23+,24-,25-,27-/m0/s1. The number of hydrogen-bond acceptors (Lipinski definition) is 5. The monoisotopic (exact) mass is 518 g/mol. The van der Waals surface area contributed by atoms with Crippen molar-refractivity contribution < 1.29 is 19.5 Å². The summed E-state index contributed by atoms with van der Waals surface area (Å²) in [5.41, 5.74) is 0.740. The van der Waals surface area contributed by atoms with Gasteiger partial charge in [0.05, 0.1) is 24.4 Å². The van der Waals surface area contributed by atoms with Crippen LogP contribution in [0.2, 0.25) is 0 Å². The Morgan fingerprint density at radius 3 is 2.11 bits per heavy atom. The van der Waals surface area contributed by atoms with E-state index >= 15 is 0 Å². The van der Waals surface area contributed by atoms with Crippen LogP contribution >= 0.6 is 0 Å². The van der Waals surface area contributed by atoms with E-state index in [9.17, 15) is 19.5 Å². The van der Waals surface area contributed by atoms with Crippen LogP contribution in [-0.4, -0.2) is 46.0 Å². The maximum atomic E-state index is 13.4. The molecule has 0 unspecified atom stereocenters. The highest BCUT2D eigenvalue weighted by Gasteiger charge is 2.33. The molecule has 0 aromatic carbocycles. The normalized spacial score (nSPS) is 15.7. The first-order valence-corrected chi connectivity index (χ1v) is 13.8. The first-order valence-electron chi connectivity index (χ1n) is 13.8. The molecule has 37 heavy (non-hydrogen) atoms. The van der Waals surface area contributed by atoms with Gasteiger partial charge in [0, 0.05) is 18.5 Å². The van der Waals surface area contributed by atoms with Gasteiger partial charge in [-0.1, -0.05) is 67.9 Å². The number of nitrogens with one attached hydrogen (secondary N) is 3. The summed E-state index contributed by atoms with van der Waals surface area (Å²) in [6, 6.07) is 4.37. The molecule has 0 bridgehead atoms. The Morgan fingerprint density at radius 2 is 1.59 bits per heavy atom. The Balaban J connectivity index is 2.95. The molecular formula is C29H50N4O4. The summed E-state index contributed by atoms with van der Waals surface area (Å²) in [6.07, 6.45) is 2.71. The number of carbonyl (C=O) groups excluding carboxylic acids is 3. The molecule has 1 heterocycles. The maximum Gasteiger partial charge on any atom is 0.243 e. The summed E-state index contributed by atoms with van der Waals surface area (Å²) >= 11 is 0. The third kappa shape index (κ3) is 12.1. The molecule has 0 aliphatic heterocycles. The maximum absolute atomic E-state index is 13.4. The highest BCUT2D eigenvalue weighted by Crippen LogP contribution is 2.23. The molecule has 0 fully saturated rings. The fourth-order valence-electron chi connectivity index (χ4n) is 4.32. The summed E-state index contributed by atoms with van der Waals surface area (Å²) in [4.78, 5) is 43.2. The van der Waals surface area contributed by atoms with Crippen molar-refractivity contribution >= 4 is 17.7 Å². The Bertz CT molecular complexity index is 828. The second-order valence-electron chi connectivity index (χ2n) is 11.5. The molecular weight excluding hydrogens is 468 g/mol. The zero-order valence-corrected chi connectivity index (χ0v) is 24.1. The highest BCUT2D eigenvalue weighted by atomic mass is 16.3. The second-order valence-corrected chi connectivity index (χ2v) is 11.5. The fraction of sp³-hybridized carbons (Fsp3) is 0.724. The van der Waals surface area contributed by atoms with Gasteiger partial charge in [0.1, 0.15) is 6.04 Å². The van der Waals surface area contributed by atoms with E-state index in [1.165, 1.54) is 0 Å². The van der Waals surface area contributed by atoms with Gasteiger partial charge in [-0.3, -0.25) is 19.4 Å². The largest absolute Gasteiger partial charge is 0.391 e. The van der Waals surface area contributed by atoms with E-state index in [1.807, 2.05) is 73.6 Å². The van der Waals surface area contributed by atoms with Crippen LogP contribution in [0.25, 0.3) is 0 Å². The van der Waals surface area contributed by atoms with E-state index < -0.39 is 24.1 Å². The molecule has 3 amide bonds. The molecule has 1 aromatic rings. The summed E-state index contributed by atoms with van der Waals surface area (Å²) < 4.78 is 0. The van der Waals surface area contributed by atoms with E-state index in [4.69, 9.17) is 0 Å². The number of rotatable bonds is 16. The molecule has 0 saturated heterocycles. The molecule has 8 nitrogen and oxygen atoms in total. The van der Waals surface area contributed by atoms with Gasteiger partial charge < -0.3 is 21.1 Å². The lowest BCUT2D eigenvalue weighted by Gasteiger charge is -2.31. The average Bonchev–Trinajstić information content (AvgIpc) is 2.82. The minimum atomic E-state index is -0.878. The van der Waals surface area contributed by atoms with Crippen molar-refractivity contribution in [1.82, 2.24) is 20.9 Å². The third-order valence-corrected chi connectivity index (χ3v) is 6.73. The Kier molecular flexibility index (Phi) is 14.4. The first kappa shape index (κ1) is 32.5. The van der Waals surface area contributed by atoms with Gasteiger partial charge in [0.25, 0.3) is 0 Å². The Morgan fingerprint density at radius 1 is 0.919 bits per heavy atom. The van der Waals surface area contributed by atoms with E-state index in [0.717, 1.165) is 12.1 Å². The van der Waals surface area contributed by atoms with Gasteiger partial charge in [-0.25, -0.2) is 0 Å². The number of amides is 3. The van der Waals surface area contributed by atoms with Gasteiger partial charge in [-0.2, -0.15) is 0 Å². The van der Waals surface area contributed by atoms with E-state index in [2.05, 4.69) is 20.9 Å². The lowest BCUT2D eigenvalue weighted by atomic mass is 9.85. The number of carbonyl (C=O) groups is 3. The number of aromatic nitrogens is 1. The average molecular weight is 519 g/mol. The lowest BCUT2D eigenvalue weighted by molar-refractivity contribution is -0.134. The molecule has 5 atom stereocenters. The molecule has 0 aliphatic carbocycles. The van der Waals surface area contributed by atoms with Crippen LogP contribution in [0.4, 0.5) is 0 Å². The highest BCUT2D eigenvalue weighted by molar-refractivity contribution is 5.88. The van der Waals surface area contributed by atoms with Crippen molar-refractivity contribution in [2.24, 2.45) is 29.6 Å². The quantitative estimate of drug-likeness (QED) is 0.265. The van der Waals surface area contributed by atoms with Crippen molar-refractivity contribution in [3.63, 3.8) is 0 Å². The van der Waals surface area contributed by atoms with Crippen LogP contribution in [0, 0.1) is 29.6 Å². The minimum absolute atomic E-state index is 0.0603. The predicted octanol–water partition coefficient (Wildman–Crippen LogP) is 3.83. The van der Waals surface area contributed by atoms with E-state index in [-0.39, 0.29) is 54.4 Å². The van der Waals surface area contributed by atoms with Crippen molar-refractivity contribution in [2.45, 2.75) is 106 Å². The number of aliphatic hydroxyl groups is 1. The number of aliphatic hydroxyl groups excluding tert-OH is 1. The molecule has 4 N–H and O–H groups in total. The second kappa shape index (κ2) is 16.4. The Labute approximate surface area is 223 Å². The summed E-state index contributed by atoms with van der Waals surface area (Å²) in [7, 11) is 0. The lowest BCUT2D eigenvalue weighted by Crippen LogP contribution is -2.53. The van der Waals surface area contributed by atoms with Crippen LogP contribution in [0.15, 0.2) is 24.4 Å². The predicted molar refractivity (Wildman–Crippen MR) is 147 cm³/mol. The van der Waals surface area contributed by atoms with Crippen molar-refractivity contribution in [3.8, 4) is 0 Å². The van der Waals surface area contributed by atoms with Gasteiger partial charge in [0.15, 0.2) is 0 Å². The van der Waals surface area contributed by atoms with Crippen LogP contribution in [-0.2, 0) is 20.9 Å². The zero-order valence-electron chi connectivity index (χ0n) is 24.1. The van der Waals surface area contributed by atoms with Crippen molar-refractivity contribution in [3.05, 3.63) is 30.1 Å². The minimum Gasteiger partial charge on any atom is -0.391 e. The summed E-state index contributed by atoms with van der Waals surface area (Å²) in [5.74, 6) is -0.771. The topological polar surface area (TPSA) is 120 Å². The number of pyridine rings is 1. The van der Waals surface area contributed by atoms with E-state index in [1.54, 1.807) is 6.20 Å². The van der Waals surface area contributed by atoms with Gasteiger partial charge >= 0.3 is 0 Å². The summed E-state index contributed by atoms with van der Waals surface area (Å²) in [5, 5.41) is 20.0. The molecule has 0 aliphatic rings. The molecule has 0 radical (unpaired) electrons. The summed E-state index contributed by atoms with van der Waals surface area (Å²) in [6.45, 7) is 16.1. The first-order chi connectivity index (χ1) is 17.3. The Hall–Kier alpha value is -2.48. The smallest absolute Gasteiger partial charge is 0.243 e. The molecule has 210 valence electrons. The molecule has 0 spiro atoms. The van der Waals surface area contributed by atoms with Crippen molar-refractivity contribution in [1.29, 1.82) is 0 Å². The number of hydrogen-bond donors (Lipinski definition) is 4. The SMILES string of the molecule is CC[C@H](C)[C@H](NC(=O)[C@H](C[C@H](O)[C@H](CC(C)C)NC(=O)CC(C)C)C(C)C)C(=O)NCc1ccccn1. The van der Waals surface area contributed by atoms with Crippen LogP contribution in [0.5, 0.6) is 0 Å².